The normalized spacial score (nSPS) is 10.7. The van der Waals surface area contributed by atoms with E-state index in [0.717, 1.165) is 16.7 Å². The van der Waals surface area contributed by atoms with Crippen molar-refractivity contribution in [3.05, 3.63) is 81.2 Å². The molecule has 0 saturated carbocycles. The number of carbonyl (C=O) groups is 1. The predicted molar refractivity (Wildman–Crippen MR) is 89.6 cm³/mol. The Balaban J connectivity index is 1.85. The summed E-state index contributed by atoms with van der Waals surface area (Å²) >= 11 is 0. The SMILES string of the molecule is Cc1ccc(CNC(=O)c2cc(=O)c3cccc(C)c3o2)cc1. The highest BCUT2D eigenvalue weighted by atomic mass is 16.3. The zero-order valence-corrected chi connectivity index (χ0v) is 13.1. The molecule has 3 rings (SSSR count). The Morgan fingerprint density at radius 1 is 1.09 bits per heavy atom. The Labute approximate surface area is 133 Å². The Hall–Kier alpha value is -2.88. The number of amides is 1. The highest BCUT2D eigenvalue weighted by molar-refractivity contribution is 5.93. The van der Waals surface area contributed by atoms with Crippen LogP contribution in [0.15, 0.2) is 57.7 Å². The third-order valence-electron chi connectivity index (χ3n) is 3.75. The molecule has 0 radical (unpaired) electrons. The molecule has 0 spiro atoms. The van der Waals surface area contributed by atoms with Crippen LogP contribution < -0.4 is 10.7 Å². The Bertz CT molecular complexity index is 923. The van der Waals surface area contributed by atoms with Crippen LogP contribution in [0.1, 0.15) is 27.2 Å². The molecule has 1 heterocycles. The lowest BCUT2D eigenvalue weighted by atomic mass is 10.1. The van der Waals surface area contributed by atoms with E-state index in [2.05, 4.69) is 5.32 Å². The third-order valence-corrected chi connectivity index (χ3v) is 3.75. The van der Waals surface area contributed by atoms with Gasteiger partial charge in [0, 0.05) is 12.6 Å². The van der Waals surface area contributed by atoms with E-state index >= 15 is 0 Å². The van der Waals surface area contributed by atoms with Gasteiger partial charge in [0.2, 0.25) is 0 Å². The Kier molecular flexibility index (Phi) is 3.98. The van der Waals surface area contributed by atoms with E-state index in [9.17, 15) is 9.59 Å². The number of aryl methyl sites for hydroxylation is 2. The van der Waals surface area contributed by atoms with Crippen LogP contribution in [0, 0.1) is 13.8 Å². The van der Waals surface area contributed by atoms with E-state index < -0.39 is 5.91 Å². The maximum atomic E-state index is 12.2. The monoisotopic (exact) mass is 307 g/mol. The van der Waals surface area contributed by atoms with Crippen molar-refractivity contribution < 1.29 is 9.21 Å². The number of para-hydroxylation sites is 1. The number of hydrogen-bond acceptors (Lipinski definition) is 3. The maximum Gasteiger partial charge on any atom is 0.287 e. The van der Waals surface area contributed by atoms with E-state index in [0.29, 0.717) is 17.5 Å². The molecule has 116 valence electrons. The molecule has 1 N–H and O–H groups in total. The molecule has 0 unspecified atom stereocenters. The summed E-state index contributed by atoms with van der Waals surface area (Å²) < 4.78 is 5.63. The summed E-state index contributed by atoms with van der Waals surface area (Å²) in [5.41, 5.74) is 3.23. The van der Waals surface area contributed by atoms with Gasteiger partial charge in [0.05, 0.1) is 5.39 Å². The molecule has 4 nitrogen and oxygen atoms in total. The topological polar surface area (TPSA) is 59.3 Å². The number of benzene rings is 2. The Morgan fingerprint density at radius 2 is 1.83 bits per heavy atom. The standard InChI is InChI=1S/C19H17NO3/c1-12-6-8-14(9-7-12)11-20-19(22)17-10-16(21)15-5-3-4-13(2)18(15)23-17/h3-10H,11H2,1-2H3,(H,20,22). The van der Waals surface area contributed by atoms with Gasteiger partial charge in [-0.3, -0.25) is 9.59 Å². The molecule has 0 aliphatic carbocycles. The van der Waals surface area contributed by atoms with E-state index in [-0.39, 0.29) is 11.2 Å². The first-order valence-corrected chi connectivity index (χ1v) is 7.42. The second kappa shape index (κ2) is 6.08. The fraction of sp³-hybridized carbons (Fsp3) is 0.158. The molecule has 0 fully saturated rings. The van der Waals surface area contributed by atoms with Crippen molar-refractivity contribution in [2.24, 2.45) is 0 Å². The number of nitrogens with one attached hydrogen (secondary N) is 1. The van der Waals surface area contributed by atoms with Gasteiger partial charge >= 0.3 is 0 Å². The molecular weight excluding hydrogens is 290 g/mol. The molecule has 23 heavy (non-hydrogen) atoms. The van der Waals surface area contributed by atoms with Gasteiger partial charge in [0.25, 0.3) is 5.91 Å². The summed E-state index contributed by atoms with van der Waals surface area (Å²) in [6.07, 6.45) is 0. The van der Waals surface area contributed by atoms with Crippen LogP contribution in [0.3, 0.4) is 0 Å². The van der Waals surface area contributed by atoms with Gasteiger partial charge in [-0.1, -0.05) is 42.0 Å². The molecule has 2 aromatic carbocycles. The van der Waals surface area contributed by atoms with Gasteiger partial charge in [-0.05, 0) is 31.0 Å². The predicted octanol–water partition coefficient (Wildman–Crippen LogP) is 3.34. The maximum absolute atomic E-state index is 12.2. The number of hydrogen-bond donors (Lipinski definition) is 1. The van der Waals surface area contributed by atoms with Crippen LogP contribution in [0.2, 0.25) is 0 Å². The summed E-state index contributed by atoms with van der Waals surface area (Å²) in [5, 5.41) is 3.26. The lowest BCUT2D eigenvalue weighted by molar-refractivity contribution is 0.0923. The van der Waals surface area contributed by atoms with Crippen molar-refractivity contribution in [3.63, 3.8) is 0 Å². The number of rotatable bonds is 3. The molecule has 1 aromatic heterocycles. The van der Waals surface area contributed by atoms with Crippen molar-refractivity contribution in [3.8, 4) is 0 Å². The van der Waals surface area contributed by atoms with Crippen molar-refractivity contribution >= 4 is 16.9 Å². The van der Waals surface area contributed by atoms with E-state index in [1.165, 1.54) is 6.07 Å². The zero-order chi connectivity index (χ0) is 16.4. The lowest BCUT2D eigenvalue weighted by Crippen LogP contribution is -2.24. The minimum atomic E-state index is -0.396. The van der Waals surface area contributed by atoms with E-state index in [1.54, 1.807) is 12.1 Å². The molecule has 4 heteroatoms. The molecule has 0 aliphatic heterocycles. The summed E-state index contributed by atoms with van der Waals surface area (Å²) in [6.45, 7) is 4.24. The van der Waals surface area contributed by atoms with Crippen LogP contribution in [0.25, 0.3) is 11.0 Å². The summed E-state index contributed by atoms with van der Waals surface area (Å²) in [4.78, 5) is 24.4. The first kappa shape index (κ1) is 15.0. The van der Waals surface area contributed by atoms with Crippen LogP contribution in [-0.4, -0.2) is 5.91 Å². The highest BCUT2D eigenvalue weighted by Gasteiger charge is 2.13. The van der Waals surface area contributed by atoms with Gasteiger partial charge in [0.15, 0.2) is 11.2 Å². The van der Waals surface area contributed by atoms with E-state index in [1.807, 2.05) is 44.2 Å². The number of carbonyl (C=O) groups excluding carboxylic acids is 1. The van der Waals surface area contributed by atoms with E-state index in [4.69, 9.17) is 4.42 Å². The smallest absolute Gasteiger partial charge is 0.287 e. The summed E-state index contributed by atoms with van der Waals surface area (Å²) in [5.74, 6) is -0.364. The van der Waals surface area contributed by atoms with Crippen LogP contribution in [0.4, 0.5) is 0 Å². The second-order valence-corrected chi connectivity index (χ2v) is 5.59. The minimum Gasteiger partial charge on any atom is -0.450 e. The largest absolute Gasteiger partial charge is 0.450 e. The van der Waals surface area contributed by atoms with Crippen molar-refractivity contribution in [1.82, 2.24) is 5.32 Å². The highest BCUT2D eigenvalue weighted by Crippen LogP contribution is 2.16. The molecular formula is C19H17NO3. The fourth-order valence-corrected chi connectivity index (χ4v) is 2.41. The lowest BCUT2D eigenvalue weighted by Gasteiger charge is -2.07. The van der Waals surface area contributed by atoms with Gasteiger partial charge in [0.1, 0.15) is 5.58 Å². The average Bonchev–Trinajstić information content (AvgIpc) is 2.55. The quantitative estimate of drug-likeness (QED) is 0.807. The zero-order valence-electron chi connectivity index (χ0n) is 13.1. The van der Waals surface area contributed by atoms with Gasteiger partial charge in [-0.2, -0.15) is 0 Å². The minimum absolute atomic E-state index is 0.0314. The first-order chi connectivity index (χ1) is 11.0. The first-order valence-electron chi connectivity index (χ1n) is 7.42. The molecule has 0 saturated heterocycles. The van der Waals surface area contributed by atoms with Crippen LogP contribution >= 0.6 is 0 Å². The summed E-state index contributed by atoms with van der Waals surface area (Å²) in [7, 11) is 0. The summed E-state index contributed by atoms with van der Waals surface area (Å²) in [6, 6.07) is 14.5. The molecule has 3 aromatic rings. The van der Waals surface area contributed by atoms with Gasteiger partial charge < -0.3 is 9.73 Å². The second-order valence-electron chi connectivity index (χ2n) is 5.59. The van der Waals surface area contributed by atoms with Gasteiger partial charge in [-0.15, -0.1) is 0 Å². The molecule has 0 atom stereocenters. The van der Waals surface area contributed by atoms with Gasteiger partial charge in [-0.25, -0.2) is 0 Å². The fourth-order valence-electron chi connectivity index (χ4n) is 2.41. The third kappa shape index (κ3) is 3.16. The average molecular weight is 307 g/mol. The van der Waals surface area contributed by atoms with Crippen LogP contribution in [0.5, 0.6) is 0 Å². The molecule has 0 bridgehead atoms. The van der Waals surface area contributed by atoms with Crippen molar-refractivity contribution in [2.45, 2.75) is 20.4 Å². The van der Waals surface area contributed by atoms with Crippen molar-refractivity contribution in [2.75, 3.05) is 0 Å². The molecule has 0 aliphatic rings. The molecule has 1 amide bonds. The number of fused-ring (bicyclic) bond motifs is 1. The van der Waals surface area contributed by atoms with Crippen molar-refractivity contribution in [1.29, 1.82) is 0 Å². The Morgan fingerprint density at radius 3 is 2.57 bits per heavy atom. The van der Waals surface area contributed by atoms with Crippen LogP contribution in [-0.2, 0) is 6.54 Å².